The van der Waals surface area contributed by atoms with Crippen LogP contribution in [0.3, 0.4) is 0 Å². The molecule has 0 unspecified atom stereocenters. The number of phenolic OH excluding ortho intramolecular Hbond substituents is 1. The van der Waals surface area contributed by atoms with Crippen LogP contribution in [-0.2, 0) is 11.8 Å². The third-order valence-corrected chi connectivity index (χ3v) is 3.54. The molecule has 3 N–H and O–H groups in total. The number of aliphatic hydroxyl groups excluding tert-OH is 2. The maximum atomic E-state index is 13.0. The molecule has 0 aromatic heterocycles. The number of rotatable bonds is 5. The molecule has 0 aliphatic carbocycles. The summed E-state index contributed by atoms with van der Waals surface area (Å²) in [7, 11) is 0. The first-order valence-electron chi connectivity index (χ1n) is 6.35. The molecule has 2 aromatic rings. The monoisotopic (exact) mass is 276 g/mol. The molecule has 0 atom stereocenters. The van der Waals surface area contributed by atoms with Crippen LogP contribution in [0.1, 0.15) is 11.1 Å². The predicted molar refractivity (Wildman–Crippen MR) is 74.1 cm³/mol. The van der Waals surface area contributed by atoms with E-state index in [0.29, 0.717) is 12.0 Å². The van der Waals surface area contributed by atoms with Crippen LogP contribution in [0, 0.1) is 5.82 Å². The van der Waals surface area contributed by atoms with Gasteiger partial charge in [0, 0.05) is 5.41 Å². The smallest absolute Gasteiger partial charge is 0.123 e. The van der Waals surface area contributed by atoms with Crippen molar-refractivity contribution in [1.29, 1.82) is 0 Å². The van der Waals surface area contributed by atoms with E-state index in [4.69, 9.17) is 0 Å². The van der Waals surface area contributed by atoms with Crippen molar-refractivity contribution in [1.82, 2.24) is 0 Å². The minimum atomic E-state index is -0.870. The third-order valence-electron chi connectivity index (χ3n) is 3.54. The first kappa shape index (κ1) is 14.5. The fraction of sp³-hybridized carbons (Fsp3) is 0.250. The molecule has 106 valence electrons. The number of aromatic hydroxyl groups is 1. The van der Waals surface area contributed by atoms with Gasteiger partial charge in [0.25, 0.3) is 0 Å². The average molecular weight is 276 g/mol. The van der Waals surface area contributed by atoms with Crippen LogP contribution in [0.25, 0.3) is 0 Å². The minimum absolute atomic E-state index is 0.161. The fourth-order valence-corrected chi connectivity index (χ4v) is 2.25. The maximum Gasteiger partial charge on any atom is 0.123 e. The van der Waals surface area contributed by atoms with Crippen LogP contribution in [-0.4, -0.2) is 28.5 Å². The largest absolute Gasteiger partial charge is 0.508 e. The Labute approximate surface area is 116 Å². The zero-order valence-corrected chi connectivity index (χ0v) is 11.0. The van der Waals surface area contributed by atoms with Crippen LogP contribution in [0.2, 0.25) is 0 Å². The van der Waals surface area contributed by atoms with Crippen molar-refractivity contribution in [3.05, 3.63) is 65.5 Å². The summed E-state index contributed by atoms with van der Waals surface area (Å²) in [6, 6.07) is 12.3. The van der Waals surface area contributed by atoms with Gasteiger partial charge in [0.1, 0.15) is 11.6 Å². The SMILES string of the molecule is OCC(CO)(Cc1ccc(O)cc1)c1ccc(F)cc1. The molecule has 0 aliphatic rings. The van der Waals surface area contributed by atoms with Crippen LogP contribution in [0.5, 0.6) is 5.75 Å². The lowest BCUT2D eigenvalue weighted by Crippen LogP contribution is -2.37. The lowest BCUT2D eigenvalue weighted by atomic mass is 9.77. The quantitative estimate of drug-likeness (QED) is 0.782. The van der Waals surface area contributed by atoms with Gasteiger partial charge in [-0.15, -0.1) is 0 Å². The van der Waals surface area contributed by atoms with Gasteiger partial charge in [0.2, 0.25) is 0 Å². The zero-order chi connectivity index (χ0) is 14.6. The Morgan fingerprint density at radius 2 is 1.40 bits per heavy atom. The molecule has 3 nitrogen and oxygen atoms in total. The second-order valence-electron chi connectivity index (χ2n) is 4.95. The highest BCUT2D eigenvalue weighted by Crippen LogP contribution is 2.28. The standard InChI is InChI=1S/C16H17FO3/c17-14-5-3-13(4-6-14)16(10-18,11-19)9-12-1-7-15(20)8-2-12/h1-8,18-20H,9-11H2. The summed E-state index contributed by atoms with van der Waals surface area (Å²) in [4.78, 5) is 0. The van der Waals surface area contributed by atoms with E-state index in [-0.39, 0.29) is 24.8 Å². The van der Waals surface area contributed by atoms with Crippen molar-refractivity contribution in [2.45, 2.75) is 11.8 Å². The van der Waals surface area contributed by atoms with E-state index in [1.54, 1.807) is 36.4 Å². The number of hydrogen-bond acceptors (Lipinski definition) is 3. The highest BCUT2D eigenvalue weighted by atomic mass is 19.1. The third kappa shape index (κ3) is 2.98. The molecule has 0 radical (unpaired) electrons. The molecule has 0 fully saturated rings. The van der Waals surface area contributed by atoms with Crippen LogP contribution in [0.4, 0.5) is 4.39 Å². The van der Waals surface area contributed by atoms with Gasteiger partial charge in [-0.2, -0.15) is 0 Å². The van der Waals surface area contributed by atoms with Crippen molar-refractivity contribution in [2.75, 3.05) is 13.2 Å². The highest BCUT2D eigenvalue weighted by Gasteiger charge is 2.31. The summed E-state index contributed by atoms with van der Waals surface area (Å²) in [6.45, 7) is -0.508. The molecule has 2 aromatic carbocycles. The minimum Gasteiger partial charge on any atom is -0.508 e. The molecule has 0 saturated heterocycles. The maximum absolute atomic E-state index is 13.0. The number of aliphatic hydroxyl groups is 2. The number of phenols is 1. The van der Waals surface area contributed by atoms with Gasteiger partial charge in [-0.1, -0.05) is 24.3 Å². The number of halogens is 1. The van der Waals surface area contributed by atoms with E-state index in [2.05, 4.69) is 0 Å². The highest BCUT2D eigenvalue weighted by molar-refractivity contribution is 5.32. The summed E-state index contributed by atoms with van der Waals surface area (Å²) in [5.74, 6) is -0.197. The Morgan fingerprint density at radius 1 is 0.850 bits per heavy atom. The second-order valence-corrected chi connectivity index (χ2v) is 4.95. The Bertz CT molecular complexity index is 545. The molecule has 0 bridgehead atoms. The van der Waals surface area contributed by atoms with Crippen LogP contribution < -0.4 is 0 Å². The molecular weight excluding hydrogens is 259 g/mol. The molecular formula is C16H17FO3. The van der Waals surface area contributed by atoms with Gasteiger partial charge in [-0.3, -0.25) is 0 Å². The Morgan fingerprint density at radius 3 is 1.90 bits per heavy atom. The molecule has 0 saturated carbocycles. The first-order chi connectivity index (χ1) is 9.59. The van der Waals surface area contributed by atoms with Gasteiger partial charge in [0.15, 0.2) is 0 Å². The van der Waals surface area contributed by atoms with Gasteiger partial charge < -0.3 is 15.3 Å². The second kappa shape index (κ2) is 6.03. The molecule has 20 heavy (non-hydrogen) atoms. The average Bonchev–Trinajstić information content (AvgIpc) is 2.48. The van der Waals surface area contributed by atoms with E-state index in [0.717, 1.165) is 5.56 Å². The molecule has 2 rings (SSSR count). The normalized spacial score (nSPS) is 11.6. The van der Waals surface area contributed by atoms with Gasteiger partial charge in [-0.05, 0) is 41.8 Å². The van der Waals surface area contributed by atoms with E-state index in [9.17, 15) is 19.7 Å². The lowest BCUT2D eigenvalue weighted by molar-refractivity contribution is 0.116. The molecule has 0 amide bonds. The Hall–Kier alpha value is -1.91. The molecule has 0 spiro atoms. The topological polar surface area (TPSA) is 60.7 Å². The summed E-state index contributed by atoms with van der Waals surface area (Å²) in [5, 5.41) is 28.7. The van der Waals surface area contributed by atoms with Crippen LogP contribution >= 0.6 is 0 Å². The Kier molecular flexibility index (Phi) is 4.37. The molecule has 4 heteroatoms. The number of hydrogen-bond donors (Lipinski definition) is 3. The first-order valence-corrected chi connectivity index (χ1v) is 6.35. The van der Waals surface area contributed by atoms with Crippen molar-refractivity contribution in [3.63, 3.8) is 0 Å². The van der Waals surface area contributed by atoms with E-state index in [1.165, 1.54) is 12.1 Å². The van der Waals surface area contributed by atoms with Crippen molar-refractivity contribution in [3.8, 4) is 5.75 Å². The Balaban J connectivity index is 2.33. The summed E-state index contributed by atoms with van der Waals surface area (Å²) < 4.78 is 13.0. The van der Waals surface area contributed by atoms with E-state index < -0.39 is 5.41 Å². The van der Waals surface area contributed by atoms with Gasteiger partial charge in [-0.25, -0.2) is 4.39 Å². The van der Waals surface area contributed by atoms with Crippen molar-refractivity contribution in [2.24, 2.45) is 0 Å². The molecule has 0 aliphatic heterocycles. The zero-order valence-electron chi connectivity index (χ0n) is 11.0. The van der Waals surface area contributed by atoms with Gasteiger partial charge in [0.05, 0.1) is 13.2 Å². The lowest BCUT2D eigenvalue weighted by Gasteiger charge is -2.30. The number of benzene rings is 2. The van der Waals surface area contributed by atoms with Gasteiger partial charge >= 0.3 is 0 Å². The summed E-state index contributed by atoms with van der Waals surface area (Å²) in [6.07, 6.45) is 0.395. The predicted octanol–water partition coefficient (Wildman–Crippen LogP) is 2.00. The summed E-state index contributed by atoms with van der Waals surface area (Å²) in [5.41, 5.74) is 0.678. The van der Waals surface area contributed by atoms with Crippen LogP contribution in [0.15, 0.2) is 48.5 Å². The van der Waals surface area contributed by atoms with E-state index >= 15 is 0 Å². The fourth-order valence-electron chi connectivity index (χ4n) is 2.25. The van der Waals surface area contributed by atoms with E-state index in [1.807, 2.05) is 0 Å². The molecule has 0 heterocycles. The van der Waals surface area contributed by atoms with Crippen molar-refractivity contribution >= 4 is 0 Å². The van der Waals surface area contributed by atoms with Crippen molar-refractivity contribution < 1.29 is 19.7 Å². The summed E-state index contributed by atoms with van der Waals surface area (Å²) >= 11 is 0.